The third-order valence-electron chi connectivity index (χ3n) is 7.09. The summed E-state index contributed by atoms with van der Waals surface area (Å²) in [6.45, 7) is 7.66. The summed E-state index contributed by atoms with van der Waals surface area (Å²) in [7, 11) is 0. The van der Waals surface area contributed by atoms with E-state index in [1.54, 1.807) is 12.1 Å². The van der Waals surface area contributed by atoms with Gasteiger partial charge in [-0.1, -0.05) is 48.0 Å². The van der Waals surface area contributed by atoms with Crippen LogP contribution in [0, 0.1) is 25.5 Å². The van der Waals surface area contributed by atoms with E-state index in [9.17, 15) is 13.6 Å². The third-order valence-corrected chi connectivity index (χ3v) is 7.09. The Kier molecular flexibility index (Phi) is 5.63. The molecule has 1 aliphatic heterocycles. The lowest BCUT2D eigenvalue weighted by Gasteiger charge is -2.45. The van der Waals surface area contributed by atoms with E-state index in [1.165, 1.54) is 29.3 Å². The Bertz CT molecular complexity index is 1200. The molecule has 1 atom stereocenters. The number of carbonyl (C=O) groups excluding carboxylic acids is 1. The molecule has 1 fully saturated rings. The summed E-state index contributed by atoms with van der Waals surface area (Å²) in [6.07, 6.45) is 0.231. The molecule has 0 aromatic heterocycles. The van der Waals surface area contributed by atoms with Crippen LogP contribution in [0.15, 0.2) is 60.7 Å². The number of piperazine rings is 1. The second-order valence-electron chi connectivity index (χ2n) is 9.40. The molecule has 0 N–H and O–H groups in total. The molecule has 0 bridgehead atoms. The van der Waals surface area contributed by atoms with Gasteiger partial charge in [0.1, 0.15) is 17.2 Å². The molecule has 0 amide bonds. The third kappa shape index (κ3) is 3.90. The standard InChI is InChI=1S/C28H28F2N2O/c1-19-5-3-6-21(13-19)18-31-9-11-32(12-10-31)28(22-14-20(2)15-23(29)16-22)17-25-24(27(28)33)7-4-8-26(25)30/h3-8,13-16H,9-12,17-18H2,1-2H3. The Morgan fingerprint density at radius 2 is 1.64 bits per heavy atom. The van der Waals surface area contributed by atoms with E-state index in [0.717, 1.165) is 25.2 Å². The zero-order valence-electron chi connectivity index (χ0n) is 19.1. The molecule has 1 aliphatic carbocycles. The maximum atomic E-state index is 14.7. The Morgan fingerprint density at radius 3 is 2.33 bits per heavy atom. The first-order valence-electron chi connectivity index (χ1n) is 11.5. The highest BCUT2D eigenvalue weighted by molar-refractivity contribution is 6.08. The molecule has 2 aliphatic rings. The van der Waals surface area contributed by atoms with E-state index in [2.05, 4.69) is 41.0 Å². The molecule has 3 nitrogen and oxygen atoms in total. The minimum Gasteiger partial charge on any atom is -0.297 e. The van der Waals surface area contributed by atoms with E-state index in [-0.39, 0.29) is 23.8 Å². The molecular weight excluding hydrogens is 418 g/mol. The van der Waals surface area contributed by atoms with Gasteiger partial charge in [0.25, 0.3) is 0 Å². The molecular formula is C28H28F2N2O. The van der Waals surface area contributed by atoms with Crippen molar-refractivity contribution in [2.75, 3.05) is 26.2 Å². The summed E-state index contributed by atoms with van der Waals surface area (Å²) in [5, 5.41) is 0. The highest BCUT2D eigenvalue weighted by Crippen LogP contribution is 2.44. The van der Waals surface area contributed by atoms with Crippen LogP contribution >= 0.6 is 0 Å². The highest BCUT2D eigenvalue weighted by Gasteiger charge is 2.52. The van der Waals surface area contributed by atoms with Crippen molar-refractivity contribution in [1.82, 2.24) is 9.80 Å². The largest absolute Gasteiger partial charge is 0.297 e. The second kappa shape index (κ2) is 8.47. The van der Waals surface area contributed by atoms with Gasteiger partial charge in [0.15, 0.2) is 5.78 Å². The van der Waals surface area contributed by atoms with Gasteiger partial charge in [-0.05, 0) is 48.7 Å². The molecule has 3 aromatic rings. The highest BCUT2D eigenvalue weighted by atomic mass is 19.1. The van der Waals surface area contributed by atoms with E-state index in [0.29, 0.717) is 29.8 Å². The molecule has 3 aromatic carbocycles. The van der Waals surface area contributed by atoms with Gasteiger partial charge in [0, 0.05) is 50.3 Å². The van der Waals surface area contributed by atoms with E-state index in [1.807, 2.05) is 13.0 Å². The zero-order valence-corrected chi connectivity index (χ0v) is 19.1. The number of nitrogens with zero attached hydrogens (tertiary/aromatic N) is 2. The van der Waals surface area contributed by atoms with Crippen LogP contribution in [-0.2, 0) is 18.5 Å². The number of carbonyl (C=O) groups is 1. The fourth-order valence-electron chi connectivity index (χ4n) is 5.51. The average Bonchev–Trinajstić information content (AvgIpc) is 3.09. The van der Waals surface area contributed by atoms with Gasteiger partial charge in [0.2, 0.25) is 0 Å². The topological polar surface area (TPSA) is 23.6 Å². The molecule has 0 saturated carbocycles. The van der Waals surface area contributed by atoms with Crippen molar-refractivity contribution >= 4 is 5.78 Å². The predicted molar refractivity (Wildman–Crippen MR) is 125 cm³/mol. The fourth-order valence-corrected chi connectivity index (χ4v) is 5.51. The van der Waals surface area contributed by atoms with Crippen LogP contribution in [0.1, 0.15) is 38.2 Å². The lowest BCUT2D eigenvalue weighted by molar-refractivity contribution is 0.0285. The Hall–Kier alpha value is -2.89. The van der Waals surface area contributed by atoms with Gasteiger partial charge in [-0.3, -0.25) is 14.6 Å². The lowest BCUT2D eigenvalue weighted by atomic mass is 9.82. The van der Waals surface area contributed by atoms with Crippen LogP contribution in [0.3, 0.4) is 0 Å². The summed E-state index contributed by atoms with van der Waals surface area (Å²) in [5.74, 6) is -0.866. The number of Topliss-reactive ketones (excluding diaryl/α,β-unsaturated/α-hetero) is 1. The summed E-state index contributed by atoms with van der Waals surface area (Å²) in [6, 6.07) is 18.0. The first-order chi connectivity index (χ1) is 15.9. The molecule has 5 heteroatoms. The van der Waals surface area contributed by atoms with Gasteiger partial charge in [-0.25, -0.2) is 8.78 Å². The smallest absolute Gasteiger partial charge is 0.188 e. The van der Waals surface area contributed by atoms with Gasteiger partial charge in [-0.15, -0.1) is 0 Å². The maximum absolute atomic E-state index is 14.7. The van der Waals surface area contributed by atoms with E-state index in [4.69, 9.17) is 0 Å². The molecule has 170 valence electrons. The van der Waals surface area contributed by atoms with Crippen molar-refractivity contribution in [1.29, 1.82) is 0 Å². The summed E-state index contributed by atoms with van der Waals surface area (Å²) < 4.78 is 29.2. The number of ketones is 1. The van der Waals surface area contributed by atoms with Crippen LogP contribution < -0.4 is 0 Å². The van der Waals surface area contributed by atoms with Crippen molar-refractivity contribution in [2.24, 2.45) is 0 Å². The number of hydrogen-bond donors (Lipinski definition) is 0. The van der Waals surface area contributed by atoms with Crippen molar-refractivity contribution in [3.63, 3.8) is 0 Å². The van der Waals surface area contributed by atoms with E-state index >= 15 is 0 Å². The fraction of sp³-hybridized carbons (Fsp3) is 0.321. The van der Waals surface area contributed by atoms with Crippen LogP contribution in [-0.4, -0.2) is 41.8 Å². The normalized spacial score (nSPS) is 21.4. The second-order valence-corrected chi connectivity index (χ2v) is 9.40. The minimum absolute atomic E-state index is 0.130. The number of fused-ring (bicyclic) bond motifs is 1. The molecule has 0 spiro atoms. The first-order valence-corrected chi connectivity index (χ1v) is 11.5. The van der Waals surface area contributed by atoms with Crippen LogP contribution in [0.25, 0.3) is 0 Å². The van der Waals surface area contributed by atoms with Crippen molar-refractivity contribution < 1.29 is 13.6 Å². The van der Waals surface area contributed by atoms with Crippen LogP contribution in [0.5, 0.6) is 0 Å². The summed E-state index contributed by atoms with van der Waals surface area (Å²) in [4.78, 5) is 18.4. The average molecular weight is 447 g/mol. The number of aryl methyl sites for hydroxylation is 2. The maximum Gasteiger partial charge on any atom is 0.188 e. The van der Waals surface area contributed by atoms with Crippen molar-refractivity contribution in [3.05, 3.63) is 106 Å². The van der Waals surface area contributed by atoms with Gasteiger partial charge >= 0.3 is 0 Å². The van der Waals surface area contributed by atoms with Crippen molar-refractivity contribution in [2.45, 2.75) is 32.4 Å². The SMILES string of the molecule is Cc1cccc(CN2CCN(C3(c4cc(C)cc(F)c4)Cc4c(F)cccc4C3=O)CC2)c1. The van der Waals surface area contributed by atoms with Crippen molar-refractivity contribution in [3.8, 4) is 0 Å². The predicted octanol–water partition coefficient (Wildman–Crippen LogP) is 5.03. The van der Waals surface area contributed by atoms with Gasteiger partial charge in [0.05, 0.1) is 0 Å². The van der Waals surface area contributed by atoms with Gasteiger partial charge in [-0.2, -0.15) is 0 Å². The summed E-state index contributed by atoms with van der Waals surface area (Å²) >= 11 is 0. The molecule has 1 saturated heterocycles. The van der Waals surface area contributed by atoms with Gasteiger partial charge < -0.3 is 0 Å². The molecule has 0 radical (unpaired) electrons. The quantitative estimate of drug-likeness (QED) is 0.561. The number of benzene rings is 3. The molecule has 33 heavy (non-hydrogen) atoms. The van der Waals surface area contributed by atoms with E-state index < -0.39 is 5.54 Å². The number of halogens is 2. The number of rotatable bonds is 4. The Balaban J connectivity index is 1.47. The lowest BCUT2D eigenvalue weighted by Crippen LogP contribution is -2.58. The van der Waals surface area contributed by atoms with Crippen LogP contribution in [0.2, 0.25) is 0 Å². The Labute approximate surface area is 193 Å². The van der Waals surface area contributed by atoms with Crippen LogP contribution in [0.4, 0.5) is 8.78 Å². The molecule has 5 rings (SSSR count). The monoisotopic (exact) mass is 446 g/mol. The molecule has 1 unspecified atom stereocenters. The number of hydrogen-bond acceptors (Lipinski definition) is 3. The molecule has 1 heterocycles. The zero-order chi connectivity index (χ0) is 23.2. The minimum atomic E-state index is -1.08. The summed E-state index contributed by atoms with van der Waals surface area (Å²) in [5.41, 5.74) is 3.66. The first kappa shape index (κ1) is 21.9. The Morgan fingerprint density at radius 1 is 0.879 bits per heavy atom.